The van der Waals surface area contributed by atoms with Gasteiger partial charge in [-0.1, -0.05) is 65.0 Å². The first-order valence-corrected chi connectivity index (χ1v) is 12.3. The van der Waals surface area contributed by atoms with Crippen LogP contribution in [0, 0.1) is 19.3 Å². The maximum absolute atomic E-state index is 10.4. The maximum atomic E-state index is 10.4. The molecule has 2 rings (SSSR count). The molecule has 0 amide bonds. The summed E-state index contributed by atoms with van der Waals surface area (Å²) >= 11 is 0. The fourth-order valence-electron chi connectivity index (χ4n) is 4.58. The maximum Gasteiger partial charge on any atom is 0.122 e. The van der Waals surface area contributed by atoms with Crippen LogP contribution in [0.25, 0.3) is 0 Å². The van der Waals surface area contributed by atoms with Gasteiger partial charge in [-0.25, -0.2) is 0 Å². The zero-order valence-electron chi connectivity index (χ0n) is 21.6. The van der Waals surface area contributed by atoms with Gasteiger partial charge in [-0.05, 0) is 78.8 Å². The van der Waals surface area contributed by atoms with Crippen LogP contribution in [0.1, 0.15) is 81.7 Å². The van der Waals surface area contributed by atoms with Crippen molar-refractivity contribution in [2.75, 3.05) is 13.2 Å². The SMILES string of the molecule is CCC(CC)(c1ccc(CCC(O)C(C)(C)C)c(C)c1)c1ccc(OC[C@H](O)CO)c(C)c1. The monoisotopic (exact) mass is 456 g/mol. The van der Waals surface area contributed by atoms with Crippen LogP contribution in [0.15, 0.2) is 36.4 Å². The summed E-state index contributed by atoms with van der Waals surface area (Å²) in [4.78, 5) is 0. The van der Waals surface area contributed by atoms with Gasteiger partial charge in [-0.15, -0.1) is 0 Å². The lowest BCUT2D eigenvalue weighted by Crippen LogP contribution is -2.27. The molecule has 2 aromatic rings. The summed E-state index contributed by atoms with van der Waals surface area (Å²) in [7, 11) is 0. The minimum atomic E-state index is -0.875. The first-order chi connectivity index (χ1) is 15.5. The largest absolute Gasteiger partial charge is 0.491 e. The van der Waals surface area contributed by atoms with Gasteiger partial charge in [0.15, 0.2) is 0 Å². The van der Waals surface area contributed by atoms with E-state index in [1.165, 1.54) is 22.3 Å². The van der Waals surface area contributed by atoms with Crippen molar-refractivity contribution in [1.29, 1.82) is 0 Å². The molecule has 0 fully saturated rings. The summed E-state index contributed by atoms with van der Waals surface area (Å²) in [5, 5.41) is 29.0. The summed E-state index contributed by atoms with van der Waals surface area (Å²) in [6.45, 7) is 14.7. The van der Waals surface area contributed by atoms with Gasteiger partial charge < -0.3 is 20.1 Å². The second kappa shape index (κ2) is 11.5. The number of aliphatic hydroxyl groups is 3. The quantitative estimate of drug-likeness (QED) is 0.419. The van der Waals surface area contributed by atoms with Crippen molar-refractivity contribution in [1.82, 2.24) is 0 Å². The number of rotatable bonds is 11. The summed E-state index contributed by atoms with van der Waals surface area (Å²) in [5.74, 6) is 0.733. The highest BCUT2D eigenvalue weighted by atomic mass is 16.5. The average Bonchev–Trinajstić information content (AvgIpc) is 2.78. The van der Waals surface area contributed by atoms with E-state index in [1.54, 1.807) is 0 Å². The standard InChI is InChI=1S/C29H44O4/c1-8-29(9-2,24-13-14-26(21(4)17-24)33-19-25(31)18-30)23-12-10-22(20(3)16-23)11-15-27(32)28(5,6)7/h10,12-14,16-17,25,27,30-32H,8-9,11,15,18-19H2,1-7H3/t25-,27?/m1/s1. The number of aliphatic hydroxyl groups excluding tert-OH is 3. The van der Waals surface area contributed by atoms with Crippen LogP contribution in [0.3, 0.4) is 0 Å². The second-order valence-electron chi connectivity index (χ2n) is 10.5. The number of hydrogen-bond acceptors (Lipinski definition) is 4. The molecule has 0 radical (unpaired) electrons. The molecule has 2 atom stereocenters. The molecule has 0 aromatic heterocycles. The van der Waals surface area contributed by atoms with Crippen LogP contribution in [-0.4, -0.2) is 40.7 Å². The molecule has 4 heteroatoms. The molecule has 2 aromatic carbocycles. The number of ether oxygens (including phenoxy) is 1. The highest BCUT2D eigenvalue weighted by Gasteiger charge is 2.31. The van der Waals surface area contributed by atoms with Gasteiger partial charge in [0, 0.05) is 5.41 Å². The third-order valence-electron chi connectivity index (χ3n) is 7.16. The van der Waals surface area contributed by atoms with Crippen molar-refractivity contribution in [3.05, 3.63) is 64.2 Å². The smallest absolute Gasteiger partial charge is 0.122 e. The Morgan fingerprint density at radius 1 is 0.879 bits per heavy atom. The van der Waals surface area contributed by atoms with Crippen LogP contribution < -0.4 is 4.74 Å². The van der Waals surface area contributed by atoms with Crippen molar-refractivity contribution in [2.24, 2.45) is 5.41 Å². The van der Waals surface area contributed by atoms with Crippen molar-refractivity contribution in [3.63, 3.8) is 0 Å². The lowest BCUT2D eigenvalue weighted by Gasteiger charge is -2.34. The third-order valence-corrected chi connectivity index (χ3v) is 7.16. The van der Waals surface area contributed by atoms with Gasteiger partial charge in [-0.3, -0.25) is 0 Å². The number of aryl methyl sites for hydroxylation is 3. The molecule has 0 heterocycles. The van der Waals surface area contributed by atoms with Gasteiger partial charge >= 0.3 is 0 Å². The third kappa shape index (κ3) is 6.59. The van der Waals surface area contributed by atoms with Crippen LogP contribution >= 0.6 is 0 Å². The first kappa shape index (κ1) is 27.4. The highest BCUT2D eigenvalue weighted by molar-refractivity contribution is 5.47. The van der Waals surface area contributed by atoms with E-state index in [0.29, 0.717) is 0 Å². The number of benzene rings is 2. The fraction of sp³-hybridized carbons (Fsp3) is 0.586. The molecule has 0 aliphatic carbocycles. The summed E-state index contributed by atoms with van der Waals surface area (Å²) < 4.78 is 5.70. The van der Waals surface area contributed by atoms with Gasteiger partial charge in [0.2, 0.25) is 0 Å². The Balaban J connectivity index is 2.31. The average molecular weight is 457 g/mol. The zero-order chi connectivity index (χ0) is 24.8. The Morgan fingerprint density at radius 2 is 1.45 bits per heavy atom. The minimum Gasteiger partial charge on any atom is -0.491 e. The van der Waals surface area contributed by atoms with Crippen LogP contribution in [0.4, 0.5) is 0 Å². The Bertz CT molecular complexity index is 893. The van der Waals surface area contributed by atoms with Crippen molar-refractivity contribution in [2.45, 2.75) is 91.8 Å². The van der Waals surface area contributed by atoms with E-state index in [1.807, 2.05) is 13.0 Å². The van der Waals surface area contributed by atoms with E-state index in [2.05, 4.69) is 71.9 Å². The van der Waals surface area contributed by atoms with Gasteiger partial charge in [0.05, 0.1) is 12.7 Å². The molecule has 3 N–H and O–H groups in total. The van der Waals surface area contributed by atoms with E-state index < -0.39 is 6.10 Å². The molecule has 184 valence electrons. The van der Waals surface area contributed by atoms with Crippen molar-refractivity contribution in [3.8, 4) is 5.75 Å². The summed E-state index contributed by atoms with van der Waals surface area (Å²) in [6, 6.07) is 13.1. The van der Waals surface area contributed by atoms with Crippen LogP contribution in [0.5, 0.6) is 5.75 Å². The Kier molecular flexibility index (Phi) is 9.54. The first-order valence-electron chi connectivity index (χ1n) is 12.3. The van der Waals surface area contributed by atoms with Crippen LogP contribution in [-0.2, 0) is 11.8 Å². The molecule has 0 saturated heterocycles. The molecule has 0 aliphatic rings. The van der Waals surface area contributed by atoms with Crippen LogP contribution in [0.2, 0.25) is 0 Å². The van der Waals surface area contributed by atoms with E-state index in [9.17, 15) is 10.2 Å². The van der Waals surface area contributed by atoms with E-state index in [-0.39, 0.29) is 30.1 Å². The molecule has 0 saturated carbocycles. The molecule has 33 heavy (non-hydrogen) atoms. The van der Waals surface area contributed by atoms with Crippen molar-refractivity contribution >= 4 is 0 Å². The Labute approximate surface area is 200 Å². The molecule has 0 aliphatic heterocycles. The van der Waals surface area contributed by atoms with Gasteiger partial charge in [0.25, 0.3) is 0 Å². The molecule has 0 bridgehead atoms. The molecule has 1 unspecified atom stereocenters. The fourth-order valence-corrected chi connectivity index (χ4v) is 4.58. The summed E-state index contributed by atoms with van der Waals surface area (Å²) in [5.41, 5.74) is 5.97. The lowest BCUT2D eigenvalue weighted by molar-refractivity contribution is 0.0534. The van der Waals surface area contributed by atoms with Crippen molar-refractivity contribution < 1.29 is 20.1 Å². The topological polar surface area (TPSA) is 69.9 Å². The molecule has 0 spiro atoms. The molecular weight excluding hydrogens is 412 g/mol. The molecular formula is C29H44O4. The summed E-state index contributed by atoms with van der Waals surface area (Å²) in [6.07, 6.45) is 2.41. The lowest BCUT2D eigenvalue weighted by atomic mass is 9.69. The highest BCUT2D eigenvalue weighted by Crippen LogP contribution is 2.41. The normalized spacial score (nSPS) is 14.2. The Hall–Kier alpha value is -1.88. The second-order valence-corrected chi connectivity index (χ2v) is 10.5. The van der Waals surface area contributed by atoms with E-state index in [0.717, 1.165) is 37.0 Å². The number of hydrogen-bond donors (Lipinski definition) is 3. The van der Waals surface area contributed by atoms with E-state index >= 15 is 0 Å². The Morgan fingerprint density at radius 3 is 1.94 bits per heavy atom. The molecule has 4 nitrogen and oxygen atoms in total. The van der Waals surface area contributed by atoms with Gasteiger partial charge in [-0.2, -0.15) is 0 Å². The predicted molar refractivity (Wildman–Crippen MR) is 136 cm³/mol. The van der Waals surface area contributed by atoms with Gasteiger partial charge in [0.1, 0.15) is 18.5 Å². The minimum absolute atomic E-state index is 0.0773. The van der Waals surface area contributed by atoms with E-state index in [4.69, 9.17) is 9.84 Å². The zero-order valence-corrected chi connectivity index (χ0v) is 21.6. The predicted octanol–water partition coefficient (Wildman–Crippen LogP) is 5.48.